The summed E-state index contributed by atoms with van der Waals surface area (Å²) in [5, 5.41) is 11.3. The molecular formula is C27H25NO4. The molecule has 5 heteroatoms. The molecule has 1 fully saturated rings. The highest BCUT2D eigenvalue weighted by Gasteiger charge is 2.46. The Morgan fingerprint density at radius 1 is 1.03 bits per heavy atom. The van der Waals surface area contributed by atoms with Crippen molar-refractivity contribution in [2.75, 3.05) is 0 Å². The number of Topliss-reactive ketones (excluding diaryl/α,β-unsaturated/α-hetero) is 1. The number of aliphatic hydroxyl groups is 1. The molecule has 1 aromatic heterocycles. The number of ketones is 1. The molecule has 1 N–H and O–H groups in total. The Bertz CT molecular complexity index is 1220. The summed E-state index contributed by atoms with van der Waals surface area (Å²) in [5.74, 6) is -0.839. The number of hydrogen-bond acceptors (Lipinski definition) is 4. The first-order chi connectivity index (χ1) is 15.5. The van der Waals surface area contributed by atoms with E-state index in [9.17, 15) is 14.7 Å². The van der Waals surface area contributed by atoms with Crippen LogP contribution in [0.25, 0.3) is 5.76 Å². The van der Waals surface area contributed by atoms with E-state index in [1.807, 2.05) is 49.4 Å². The maximum absolute atomic E-state index is 13.2. The van der Waals surface area contributed by atoms with Crippen LogP contribution in [0.2, 0.25) is 0 Å². The van der Waals surface area contributed by atoms with Crippen molar-refractivity contribution in [2.24, 2.45) is 0 Å². The van der Waals surface area contributed by atoms with Crippen molar-refractivity contribution in [2.45, 2.75) is 45.2 Å². The number of furan rings is 1. The molecule has 1 saturated heterocycles. The molecule has 2 heterocycles. The van der Waals surface area contributed by atoms with Crippen LogP contribution < -0.4 is 0 Å². The molecule has 1 atom stereocenters. The van der Waals surface area contributed by atoms with Gasteiger partial charge in [-0.25, -0.2) is 0 Å². The lowest BCUT2D eigenvalue weighted by atomic mass is 9.88. The van der Waals surface area contributed by atoms with E-state index in [1.54, 1.807) is 18.4 Å². The van der Waals surface area contributed by atoms with Crippen molar-refractivity contribution >= 4 is 17.4 Å². The van der Waals surface area contributed by atoms with Crippen molar-refractivity contribution in [1.82, 2.24) is 4.90 Å². The number of carbonyl (C=O) groups is 2. The number of nitrogens with zero attached hydrogens (tertiary/aromatic N) is 1. The summed E-state index contributed by atoms with van der Waals surface area (Å²) in [5.41, 5.74) is 5.01. The van der Waals surface area contributed by atoms with Gasteiger partial charge >= 0.3 is 0 Å². The number of rotatable bonds is 4. The Labute approximate surface area is 187 Å². The SMILES string of the molecule is Cc1cccc(C2/C(=C(/O)c3ccc4c(c3)CCCC4)C(=O)C(=O)N2Cc2ccco2)c1. The Morgan fingerprint density at radius 2 is 1.84 bits per heavy atom. The maximum atomic E-state index is 13.2. The topological polar surface area (TPSA) is 70.8 Å². The van der Waals surface area contributed by atoms with Crippen LogP contribution in [0, 0.1) is 6.92 Å². The summed E-state index contributed by atoms with van der Waals surface area (Å²) in [6.45, 7) is 2.11. The van der Waals surface area contributed by atoms with Crippen molar-refractivity contribution in [3.05, 3.63) is 100 Å². The van der Waals surface area contributed by atoms with Crippen molar-refractivity contribution < 1.29 is 19.1 Å². The second-order valence-electron chi connectivity index (χ2n) is 8.61. The van der Waals surface area contributed by atoms with Gasteiger partial charge in [-0.2, -0.15) is 0 Å². The number of fused-ring (bicyclic) bond motifs is 1. The fourth-order valence-corrected chi connectivity index (χ4v) is 4.84. The zero-order valence-corrected chi connectivity index (χ0v) is 18.0. The first-order valence-electron chi connectivity index (χ1n) is 11.0. The standard InChI is InChI=1S/C27H25NO4/c1-17-6-4-9-20(14-17)24-23(26(30)27(31)28(24)16-22-10-5-13-32-22)25(29)21-12-11-18-7-2-3-8-19(18)15-21/h4-6,9-15,24,29H,2-3,7-8,16H2,1H3/b25-23-. The molecule has 5 rings (SSSR count). The fraction of sp³-hybridized carbons (Fsp3) is 0.259. The van der Waals surface area contributed by atoms with Gasteiger partial charge in [0, 0.05) is 5.56 Å². The normalized spacial score (nSPS) is 19.9. The highest BCUT2D eigenvalue weighted by atomic mass is 16.3. The van der Waals surface area contributed by atoms with Gasteiger partial charge in [0.05, 0.1) is 24.4 Å². The molecule has 0 spiro atoms. The first kappa shape index (κ1) is 20.3. The molecule has 1 aliphatic heterocycles. The van der Waals surface area contributed by atoms with E-state index in [2.05, 4.69) is 0 Å². The summed E-state index contributed by atoms with van der Waals surface area (Å²) in [4.78, 5) is 27.7. The lowest BCUT2D eigenvalue weighted by Gasteiger charge is -2.25. The third-order valence-electron chi connectivity index (χ3n) is 6.43. The quantitative estimate of drug-likeness (QED) is 0.358. The molecule has 0 saturated carbocycles. The van der Waals surface area contributed by atoms with Gasteiger partial charge in [0.25, 0.3) is 11.7 Å². The molecule has 1 aliphatic carbocycles. The summed E-state index contributed by atoms with van der Waals surface area (Å²) >= 11 is 0. The Kier molecular flexibility index (Phi) is 5.17. The van der Waals surface area contributed by atoms with Gasteiger partial charge < -0.3 is 14.4 Å². The first-order valence-corrected chi connectivity index (χ1v) is 11.0. The van der Waals surface area contributed by atoms with E-state index >= 15 is 0 Å². The van der Waals surface area contributed by atoms with Crippen molar-refractivity contribution in [1.29, 1.82) is 0 Å². The molecule has 2 aromatic carbocycles. The molecule has 0 bridgehead atoms. The lowest BCUT2D eigenvalue weighted by molar-refractivity contribution is -0.140. The van der Waals surface area contributed by atoms with E-state index in [4.69, 9.17) is 4.42 Å². The fourth-order valence-electron chi connectivity index (χ4n) is 4.84. The van der Waals surface area contributed by atoms with E-state index in [0.717, 1.165) is 30.4 Å². The monoisotopic (exact) mass is 427 g/mol. The molecule has 2 aliphatic rings. The summed E-state index contributed by atoms with van der Waals surface area (Å²) in [6.07, 6.45) is 5.83. The predicted octanol–water partition coefficient (Wildman–Crippen LogP) is 5.09. The molecule has 3 aromatic rings. The van der Waals surface area contributed by atoms with Crippen LogP contribution in [-0.2, 0) is 29.0 Å². The highest BCUT2D eigenvalue weighted by molar-refractivity contribution is 6.46. The Balaban J connectivity index is 1.64. The summed E-state index contributed by atoms with van der Waals surface area (Å²) in [7, 11) is 0. The average molecular weight is 428 g/mol. The van der Waals surface area contributed by atoms with Gasteiger partial charge in [-0.15, -0.1) is 0 Å². The number of benzene rings is 2. The molecule has 162 valence electrons. The second-order valence-corrected chi connectivity index (χ2v) is 8.61. The van der Waals surface area contributed by atoms with Gasteiger partial charge in [-0.1, -0.05) is 42.0 Å². The smallest absolute Gasteiger partial charge is 0.296 e. The third-order valence-corrected chi connectivity index (χ3v) is 6.43. The number of hydrogen-bond donors (Lipinski definition) is 1. The number of carbonyl (C=O) groups excluding carboxylic acids is 2. The average Bonchev–Trinajstić information content (AvgIpc) is 3.41. The van der Waals surface area contributed by atoms with Crippen LogP contribution >= 0.6 is 0 Å². The molecule has 1 unspecified atom stereocenters. The van der Waals surface area contributed by atoms with Gasteiger partial charge in [-0.05, 0) is 67.5 Å². The summed E-state index contributed by atoms with van der Waals surface area (Å²) < 4.78 is 5.45. The molecule has 0 radical (unpaired) electrons. The lowest BCUT2D eigenvalue weighted by Crippen LogP contribution is -2.29. The van der Waals surface area contributed by atoms with Gasteiger partial charge in [0.2, 0.25) is 0 Å². The third kappa shape index (κ3) is 3.54. The molecule has 1 amide bonds. The van der Waals surface area contributed by atoms with E-state index in [0.29, 0.717) is 11.3 Å². The van der Waals surface area contributed by atoms with Crippen LogP contribution in [0.5, 0.6) is 0 Å². The predicted molar refractivity (Wildman–Crippen MR) is 121 cm³/mol. The zero-order valence-electron chi connectivity index (χ0n) is 18.0. The van der Waals surface area contributed by atoms with Crippen LogP contribution in [0.4, 0.5) is 0 Å². The van der Waals surface area contributed by atoms with Crippen LogP contribution in [0.15, 0.2) is 70.9 Å². The second kappa shape index (κ2) is 8.15. The minimum atomic E-state index is -0.684. The van der Waals surface area contributed by atoms with Crippen LogP contribution in [0.1, 0.15) is 52.5 Å². The number of likely N-dealkylation sites (tertiary alicyclic amines) is 1. The van der Waals surface area contributed by atoms with Crippen molar-refractivity contribution in [3.8, 4) is 0 Å². The van der Waals surface area contributed by atoms with Crippen LogP contribution in [0.3, 0.4) is 0 Å². The summed E-state index contributed by atoms with van der Waals surface area (Å²) in [6, 6.07) is 16.4. The molecule has 5 nitrogen and oxygen atoms in total. The molecule has 32 heavy (non-hydrogen) atoms. The van der Waals surface area contributed by atoms with Gasteiger partial charge in [0.15, 0.2) is 0 Å². The number of aryl methyl sites for hydroxylation is 3. The van der Waals surface area contributed by atoms with E-state index in [-0.39, 0.29) is 17.9 Å². The number of aliphatic hydroxyl groups excluding tert-OH is 1. The van der Waals surface area contributed by atoms with E-state index in [1.165, 1.54) is 22.4 Å². The minimum absolute atomic E-state index is 0.120. The largest absolute Gasteiger partial charge is 0.507 e. The Hall–Kier alpha value is -3.60. The number of amides is 1. The van der Waals surface area contributed by atoms with E-state index < -0.39 is 17.7 Å². The van der Waals surface area contributed by atoms with Crippen LogP contribution in [-0.4, -0.2) is 21.7 Å². The van der Waals surface area contributed by atoms with Crippen molar-refractivity contribution in [3.63, 3.8) is 0 Å². The van der Waals surface area contributed by atoms with Gasteiger partial charge in [0.1, 0.15) is 11.5 Å². The minimum Gasteiger partial charge on any atom is -0.507 e. The Morgan fingerprint density at radius 3 is 2.59 bits per heavy atom. The highest BCUT2D eigenvalue weighted by Crippen LogP contribution is 2.41. The maximum Gasteiger partial charge on any atom is 0.296 e. The van der Waals surface area contributed by atoms with Gasteiger partial charge in [-0.3, -0.25) is 9.59 Å². The zero-order chi connectivity index (χ0) is 22.2. The molecular weight excluding hydrogens is 402 g/mol.